The van der Waals surface area contributed by atoms with Crippen LogP contribution in [0.5, 0.6) is 0 Å². The molecule has 0 unspecified atom stereocenters. The minimum absolute atomic E-state index is 0.476. The normalized spacial score (nSPS) is 16.9. The van der Waals surface area contributed by atoms with Crippen LogP contribution in [0.2, 0.25) is 10.0 Å². The van der Waals surface area contributed by atoms with E-state index in [4.69, 9.17) is 28.2 Å². The van der Waals surface area contributed by atoms with Gasteiger partial charge < -0.3 is 9.80 Å². The van der Waals surface area contributed by atoms with Crippen LogP contribution < -0.4 is 4.90 Å². The Bertz CT molecular complexity index is 1160. The summed E-state index contributed by atoms with van der Waals surface area (Å²) in [5, 5.41) is 11.0. The largest absolute Gasteiger partial charge is 0.356 e. The van der Waals surface area contributed by atoms with E-state index in [1.54, 1.807) is 6.07 Å². The van der Waals surface area contributed by atoms with E-state index in [0.29, 0.717) is 27.3 Å². The summed E-state index contributed by atoms with van der Waals surface area (Å²) in [5.41, 5.74) is 5.26. The van der Waals surface area contributed by atoms with E-state index in [1.807, 2.05) is 6.07 Å². The molecule has 1 aliphatic heterocycles. The van der Waals surface area contributed by atoms with E-state index >= 15 is 0 Å². The van der Waals surface area contributed by atoms with Crippen molar-refractivity contribution in [3.63, 3.8) is 0 Å². The summed E-state index contributed by atoms with van der Waals surface area (Å²) >= 11 is 12.7. The Balaban J connectivity index is 2.07. The lowest BCUT2D eigenvalue weighted by molar-refractivity contribution is 0.315. The van der Waals surface area contributed by atoms with Crippen molar-refractivity contribution in [2.24, 2.45) is 0 Å². The van der Waals surface area contributed by atoms with Gasteiger partial charge in [-0.15, -0.1) is 0 Å². The van der Waals surface area contributed by atoms with Crippen LogP contribution in [0, 0.1) is 18.3 Å². The quantitative estimate of drug-likeness (QED) is 0.525. The Hall–Kier alpha value is -2.00. The molecule has 1 aliphatic rings. The monoisotopic (exact) mass is 443 g/mol. The lowest BCUT2D eigenvalue weighted by Gasteiger charge is -2.27. The number of nitrogens with zero attached hydrogens (tertiary/aromatic N) is 5. The number of imidazole rings is 1. The number of anilines is 1. The average molecular weight is 444 g/mol. The summed E-state index contributed by atoms with van der Waals surface area (Å²) in [6.07, 6.45) is 4.23. The smallest absolute Gasteiger partial charge is 0.157 e. The number of aromatic nitrogens is 2. The number of benzene rings is 1. The Morgan fingerprint density at radius 1 is 1.27 bits per heavy atom. The highest BCUT2D eigenvalue weighted by atomic mass is 35.5. The van der Waals surface area contributed by atoms with Gasteiger partial charge in [-0.05, 0) is 63.5 Å². The molecule has 1 saturated heterocycles. The Morgan fingerprint density at radius 2 is 2.00 bits per heavy atom. The summed E-state index contributed by atoms with van der Waals surface area (Å²) < 4.78 is 2.14. The number of nitriles is 1. The van der Waals surface area contributed by atoms with Crippen molar-refractivity contribution in [3.05, 3.63) is 38.9 Å². The van der Waals surface area contributed by atoms with E-state index in [1.165, 1.54) is 5.56 Å². The van der Waals surface area contributed by atoms with Crippen LogP contribution in [0.25, 0.3) is 16.7 Å². The summed E-state index contributed by atoms with van der Waals surface area (Å²) in [4.78, 5) is 9.57. The van der Waals surface area contributed by atoms with E-state index in [-0.39, 0.29) is 0 Å². The number of hydrogen-bond donors (Lipinski definition) is 0. The minimum atomic E-state index is 0.476. The fraction of sp³-hybridized carbons (Fsp3) is 0.478. The van der Waals surface area contributed by atoms with Gasteiger partial charge in [-0.3, -0.25) is 4.40 Å². The highest BCUT2D eigenvalue weighted by molar-refractivity contribution is 6.42. The minimum Gasteiger partial charge on any atom is -0.356 e. The SMILES string of the molecule is CCCCc1c(C)c(C#N)c2nc3cc(Cl)c(Cl)cc3n2c1N1CC[C@H](N(C)C)C1. The third-order valence-electron chi connectivity index (χ3n) is 6.31. The molecule has 158 valence electrons. The van der Waals surface area contributed by atoms with Gasteiger partial charge >= 0.3 is 0 Å². The summed E-state index contributed by atoms with van der Waals surface area (Å²) in [6.45, 7) is 6.19. The molecule has 0 N–H and O–H groups in total. The molecule has 7 heteroatoms. The van der Waals surface area contributed by atoms with Crippen LogP contribution in [0.3, 0.4) is 0 Å². The van der Waals surface area contributed by atoms with Gasteiger partial charge in [-0.2, -0.15) is 5.26 Å². The van der Waals surface area contributed by atoms with Crippen molar-refractivity contribution >= 4 is 45.7 Å². The number of unbranched alkanes of at least 4 members (excludes halogenated alkanes) is 1. The van der Waals surface area contributed by atoms with Crippen LogP contribution in [0.4, 0.5) is 5.82 Å². The van der Waals surface area contributed by atoms with Crippen LogP contribution in [-0.2, 0) is 6.42 Å². The second-order valence-corrected chi connectivity index (χ2v) is 9.21. The molecule has 30 heavy (non-hydrogen) atoms. The molecule has 0 aliphatic carbocycles. The molecule has 5 nitrogen and oxygen atoms in total. The van der Waals surface area contributed by atoms with Gasteiger partial charge in [0.05, 0.1) is 26.6 Å². The van der Waals surface area contributed by atoms with E-state index in [2.05, 4.69) is 48.2 Å². The zero-order chi connectivity index (χ0) is 21.6. The molecule has 0 amide bonds. The van der Waals surface area contributed by atoms with Crippen LogP contribution in [0.1, 0.15) is 42.9 Å². The molecule has 0 bridgehead atoms. The third kappa shape index (κ3) is 3.41. The Morgan fingerprint density at radius 3 is 2.63 bits per heavy atom. The van der Waals surface area contributed by atoms with Gasteiger partial charge in [0.1, 0.15) is 11.9 Å². The van der Waals surface area contributed by atoms with Crippen molar-refractivity contribution in [2.45, 2.75) is 45.6 Å². The molecule has 1 fully saturated rings. The molecule has 0 spiro atoms. The lowest BCUT2D eigenvalue weighted by Crippen LogP contribution is -2.32. The summed E-state index contributed by atoms with van der Waals surface area (Å²) in [5.74, 6) is 1.15. The molecule has 3 heterocycles. The van der Waals surface area contributed by atoms with Crippen LogP contribution >= 0.6 is 23.2 Å². The van der Waals surface area contributed by atoms with Crippen molar-refractivity contribution < 1.29 is 0 Å². The molecule has 2 aromatic heterocycles. The zero-order valence-electron chi connectivity index (χ0n) is 18.0. The number of hydrogen-bond acceptors (Lipinski definition) is 4. The maximum atomic E-state index is 10.00. The van der Waals surface area contributed by atoms with Gasteiger partial charge in [-0.25, -0.2) is 4.98 Å². The fourth-order valence-electron chi connectivity index (χ4n) is 4.55. The Labute approximate surface area is 187 Å². The van der Waals surface area contributed by atoms with E-state index < -0.39 is 0 Å². The van der Waals surface area contributed by atoms with Gasteiger partial charge in [0.2, 0.25) is 0 Å². The van der Waals surface area contributed by atoms with Crippen molar-refractivity contribution in [3.8, 4) is 6.07 Å². The van der Waals surface area contributed by atoms with Gasteiger partial charge in [-0.1, -0.05) is 36.5 Å². The van der Waals surface area contributed by atoms with Crippen molar-refractivity contribution in [2.75, 3.05) is 32.1 Å². The lowest BCUT2D eigenvalue weighted by atomic mass is 9.99. The van der Waals surface area contributed by atoms with Gasteiger partial charge in [0.15, 0.2) is 5.65 Å². The molecule has 1 atom stereocenters. The molecular weight excluding hydrogens is 417 g/mol. The zero-order valence-corrected chi connectivity index (χ0v) is 19.5. The van der Waals surface area contributed by atoms with Gasteiger partial charge in [0, 0.05) is 19.1 Å². The predicted molar refractivity (Wildman–Crippen MR) is 125 cm³/mol. The average Bonchev–Trinajstić information content (AvgIpc) is 3.32. The van der Waals surface area contributed by atoms with Crippen molar-refractivity contribution in [1.29, 1.82) is 5.26 Å². The first kappa shape index (κ1) is 21.2. The summed E-state index contributed by atoms with van der Waals surface area (Å²) in [7, 11) is 4.28. The highest BCUT2D eigenvalue weighted by Gasteiger charge is 2.30. The topological polar surface area (TPSA) is 47.6 Å². The van der Waals surface area contributed by atoms with Crippen LogP contribution in [0.15, 0.2) is 12.1 Å². The fourth-order valence-corrected chi connectivity index (χ4v) is 4.87. The standard InChI is InChI=1S/C23H27Cl2N5/c1-5-6-7-16-14(2)17(12-26)22-27-20-10-18(24)19(25)11-21(20)30(22)23(16)29-9-8-15(13-29)28(3)4/h10-11,15H,5-9,13H2,1-4H3/t15-/m0/s1. The maximum absolute atomic E-state index is 10.00. The number of fused-ring (bicyclic) bond motifs is 3. The molecular formula is C23H27Cl2N5. The predicted octanol–water partition coefficient (Wildman–Crippen LogP) is 5.46. The second-order valence-electron chi connectivity index (χ2n) is 8.40. The molecule has 0 saturated carbocycles. The first-order valence-electron chi connectivity index (χ1n) is 10.5. The van der Waals surface area contributed by atoms with Crippen LogP contribution in [-0.4, -0.2) is 47.5 Å². The van der Waals surface area contributed by atoms with Crippen molar-refractivity contribution in [1.82, 2.24) is 14.3 Å². The van der Waals surface area contributed by atoms with E-state index in [9.17, 15) is 5.26 Å². The molecule has 1 aromatic carbocycles. The molecule has 3 aromatic rings. The van der Waals surface area contributed by atoms with E-state index in [0.717, 1.165) is 61.2 Å². The third-order valence-corrected chi connectivity index (χ3v) is 7.04. The maximum Gasteiger partial charge on any atom is 0.157 e. The van der Waals surface area contributed by atoms with Gasteiger partial charge in [0.25, 0.3) is 0 Å². The summed E-state index contributed by atoms with van der Waals surface area (Å²) in [6, 6.07) is 6.59. The highest BCUT2D eigenvalue weighted by Crippen LogP contribution is 2.37. The number of halogens is 2. The first-order chi connectivity index (χ1) is 14.4. The molecule has 4 rings (SSSR count). The number of likely N-dealkylation sites (N-methyl/N-ethyl adjacent to an activating group) is 1. The number of pyridine rings is 1. The first-order valence-corrected chi connectivity index (χ1v) is 11.3. The second kappa shape index (κ2) is 8.26. The number of rotatable bonds is 5. The Kier molecular flexibility index (Phi) is 5.85. The molecule has 0 radical (unpaired) electrons.